The van der Waals surface area contributed by atoms with E-state index in [1.807, 2.05) is 13.8 Å². The second-order valence-corrected chi connectivity index (χ2v) is 4.70. The number of hydrogen-bond acceptors (Lipinski definition) is 3. The van der Waals surface area contributed by atoms with Gasteiger partial charge in [0.2, 0.25) is 0 Å². The molecular weight excluding hydrogens is 257 g/mol. The lowest BCUT2D eigenvalue weighted by Crippen LogP contribution is -2.39. The quantitative estimate of drug-likeness (QED) is 0.693. The Labute approximate surface area is 110 Å². The molecule has 1 rings (SSSR count). The molecule has 1 aromatic rings. The molecule has 0 aromatic heterocycles. The van der Waals surface area contributed by atoms with Crippen molar-refractivity contribution in [2.75, 3.05) is 13.2 Å². The molecular formula is C13H19F3N2O. The predicted octanol–water partition coefficient (Wildman–Crippen LogP) is 1.71. The van der Waals surface area contributed by atoms with E-state index in [0.717, 1.165) is 12.1 Å². The smallest absolute Gasteiger partial charge is 0.194 e. The van der Waals surface area contributed by atoms with Crippen molar-refractivity contribution < 1.29 is 18.3 Å². The van der Waals surface area contributed by atoms with Crippen LogP contribution in [0.15, 0.2) is 12.1 Å². The van der Waals surface area contributed by atoms with E-state index in [4.69, 9.17) is 10.8 Å². The van der Waals surface area contributed by atoms with Crippen molar-refractivity contribution in [3.63, 3.8) is 0 Å². The fourth-order valence-electron chi connectivity index (χ4n) is 1.72. The summed E-state index contributed by atoms with van der Waals surface area (Å²) < 4.78 is 39.2. The van der Waals surface area contributed by atoms with E-state index in [-0.39, 0.29) is 30.7 Å². The average Bonchev–Trinajstić information content (AvgIpc) is 2.40. The van der Waals surface area contributed by atoms with Crippen LogP contribution in [0.25, 0.3) is 0 Å². The molecule has 0 heterocycles. The zero-order valence-electron chi connectivity index (χ0n) is 11.0. The van der Waals surface area contributed by atoms with Gasteiger partial charge in [-0.1, -0.05) is 6.92 Å². The number of nitrogens with two attached hydrogens (primary N) is 1. The lowest BCUT2D eigenvalue weighted by molar-refractivity contribution is 0.201. The maximum atomic E-state index is 13.2. The first kappa shape index (κ1) is 15.9. The number of rotatable bonds is 6. The van der Waals surface area contributed by atoms with E-state index in [1.165, 1.54) is 0 Å². The van der Waals surface area contributed by atoms with Crippen LogP contribution in [0.3, 0.4) is 0 Å². The standard InChI is InChI=1S/C13H19F3N2O/c1-7(6-19)8(2)18-12(5-17)9-3-10(14)13(16)11(15)4-9/h3-4,7-8,12,18-19H,5-6,17H2,1-2H3. The Morgan fingerprint density at radius 3 is 2.16 bits per heavy atom. The number of aliphatic hydroxyl groups is 1. The Kier molecular flexibility index (Phi) is 5.78. The van der Waals surface area contributed by atoms with Crippen molar-refractivity contribution in [3.05, 3.63) is 35.1 Å². The van der Waals surface area contributed by atoms with E-state index < -0.39 is 23.5 Å². The van der Waals surface area contributed by atoms with Gasteiger partial charge in [-0.25, -0.2) is 13.2 Å². The first-order valence-electron chi connectivity index (χ1n) is 6.12. The van der Waals surface area contributed by atoms with E-state index >= 15 is 0 Å². The summed E-state index contributed by atoms with van der Waals surface area (Å²) in [4.78, 5) is 0. The van der Waals surface area contributed by atoms with Crippen LogP contribution in [-0.2, 0) is 0 Å². The first-order chi connectivity index (χ1) is 8.90. The molecule has 1 aromatic carbocycles. The molecule has 0 fully saturated rings. The minimum atomic E-state index is -1.49. The van der Waals surface area contributed by atoms with E-state index in [2.05, 4.69) is 5.32 Å². The number of nitrogens with one attached hydrogen (secondary N) is 1. The van der Waals surface area contributed by atoms with E-state index in [9.17, 15) is 13.2 Å². The van der Waals surface area contributed by atoms with Gasteiger partial charge < -0.3 is 16.2 Å². The third-order valence-corrected chi connectivity index (χ3v) is 3.25. The Bertz CT molecular complexity index is 405. The maximum absolute atomic E-state index is 13.2. The van der Waals surface area contributed by atoms with Gasteiger partial charge in [0.25, 0.3) is 0 Å². The monoisotopic (exact) mass is 276 g/mol. The number of halogens is 3. The highest BCUT2D eigenvalue weighted by molar-refractivity contribution is 5.23. The lowest BCUT2D eigenvalue weighted by Gasteiger charge is -2.26. The molecule has 0 saturated carbocycles. The number of benzene rings is 1. The zero-order valence-corrected chi connectivity index (χ0v) is 11.0. The Morgan fingerprint density at radius 1 is 1.21 bits per heavy atom. The van der Waals surface area contributed by atoms with Crippen LogP contribution in [0.2, 0.25) is 0 Å². The predicted molar refractivity (Wildman–Crippen MR) is 67.0 cm³/mol. The summed E-state index contributed by atoms with van der Waals surface area (Å²) in [6.07, 6.45) is 0. The minimum Gasteiger partial charge on any atom is -0.396 e. The zero-order chi connectivity index (χ0) is 14.6. The van der Waals surface area contributed by atoms with Gasteiger partial charge in [0, 0.05) is 25.2 Å². The van der Waals surface area contributed by atoms with Crippen LogP contribution in [0, 0.1) is 23.4 Å². The van der Waals surface area contributed by atoms with Gasteiger partial charge in [-0.15, -0.1) is 0 Å². The molecule has 108 valence electrons. The molecule has 6 heteroatoms. The third kappa shape index (κ3) is 3.92. The van der Waals surface area contributed by atoms with Crippen LogP contribution < -0.4 is 11.1 Å². The second kappa shape index (κ2) is 6.88. The summed E-state index contributed by atoms with van der Waals surface area (Å²) in [6.45, 7) is 3.75. The Hall–Kier alpha value is -1.11. The Balaban J connectivity index is 2.91. The van der Waals surface area contributed by atoms with Gasteiger partial charge in [0.05, 0.1) is 0 Å². The summed E-state index contributed by atoms with van der Waals surface area (Å²) in [5.74, 6) is -4.00. The molecule has 3 unspecified atom stereocenters. The van der Waals surface area contributed by atoms with Crippen molar-refractivity contribution >= 4 is 0 Å². The largest absolute Gasteiger partial charge is 0.396 e. The maximum Gasteiger partial charge on any atom is 0.194 e. The molecule has 0 aliphatic rings. The molecule has 0 saturated heterocycles. The SMILES string of the molecule is CC(CO)C(C)NC(CN)c1cc(F)c(F)c(F)c1. The topological polar surface area (TPSA) is 58.3 Å². The fraction of sp³-hybridized carbons (Fsp3) is 0.538. The van der Waals surface area contributed by atoms with Crippen molar-refractivity contribution in [2.45, 2.75) is 25.9 Å². The highest BCUT2D eigenvalue weighted by Gasteiger charge is 2.20. The minimum absolute atomic E-state index is 0.0163. The molecule has 0 amide bonds. The summed E-state index contributed by atoms with van der Waals surface area (Å²) in [7, 11) is 0. The molecule has 0 radical (unpaired) electrons. The first-order valence-corrected chi connectivity index (χ1v) is 6.12. The second-order valence-electron chi connectivity index (χ2n) is 4.70. The lowest BCUT2D eigenvalue weighted by atomic mass is 10.0. The molecule has 3 atom stereocenters. The van der Waals surface area contributed by atoms with Crippen LogP contribution in [0.5, 0.6) is 0 Å². The third-order valence-electron chi connectivity index (χ3n) is 3.25. The normalized spacial score (nSPS) is 16.2. The molecule has 0 aliphatic carbocycles. The molecule has 4 N–H and O–H groups in total. The van der Waals surface area contributed by atoms with Gasteiger partial charge in [-0.2, -0.15) is 0 Å². The number of aliphatic hydroxyl groups excluding tert-OH is 1. The van der Waals surface area contributed by atoms with Crippen molar-refractivity contribution in [3.8, 4) is 0 Å². The summed E-state index contributed by atoms with van der Waals surface area (Å²) in [5, 5.41) is 12.1. The summed E-state index contributed by atoms with van der Waals surface area (Å²) in [5.41, 5.74) is 5.82. The highest BCUT2D eigenvalue weighted by Crippen LogP contribution is 2.20. The summed E-state index contributed by atoms with van der Waals surface area (Å²) >= 11 is 0. The summed E-state index contributed by atoms with van der Waals surface area (Å²) in [6, 6.07) is 1.25. The van der Waals surface area contributed by atoms with Crippen LogP contribution >= 0.6 is 0 Å². The van der Waals surface area contributed by atoms with E-state index in [1.54, 1.807) is 0 Å². The van der Waals surface area contributed by atoms with Gasteiger partial charge in [0.1, 0.15) is 0 Å². The van der Waals surface area contributed by atoms with Crippen LogP contribution in [-0.4, -0.2) is 24.3 Å². The fourth-order valence-corrected chi connectivity index (χ4v) is 1.72. The van der Waals surface area contributed by atoms with Gasteiger partial charge in [0.15, 0.2) is 17.5 Å². The van der Waals surface area contributed by atoms with Gasteiger partial charge in [-0.3, -0.25) is 0 Å². The van der Waals surface area contributed by atoms with Gasteiger partial charge >= 0.3 is 0 Å². The number of hydrogen-bond donors (Lipinski definition) is 3. The molecule has 3 nitrogen and oxygen atoms in total. The van der Waals surface area contributed by atoms with Crippen LogP contribution in [0.4, 0.5) is 13.2 Å². The van der Waals surface area contributed by atoms with E-state index in [0.29, 0.717) is 0 Å². The van der Waals surface area contributed by atoms with Crippen molar-refractivity contribution in [2.24, 2.45) is 11.7 Å². The molecule has 0 spiro atoms. The molecule has 0 bridgehead atoms. The average molecular weight is 276 g/mol. The molecule has 0 aliphatic heterocycles. The Morgan fingerprint density at radius 2 is 1.74 bits per heavy atom. The van der Waals surface area contributed by atoms with Crippen molar-refractivity contribution in [1.29, 1.82) is 0 Å². The molecule has 19 heavy (non-hydrogen) atoms. The van der Waals surface area contributed by atoms with Gasteiger partial charge in [-0.05, 0) is 30.5 Å². The van der Waals surface area contributed by atoms with Crippen LogP contribution in [0.1, 0.15) is 25.5 Å². The highest BCUT2D eigenvalue weighted by atomic mass is 19.2. The van der Waals surface area contributed by atoms with Crippen molar-refractivity contribution in [1.82, 2.24) is 5.32 Å².